The molecule has 0 radical (unpaired) electrons. The molecule has 7 heteroatoms. The number of benzene rings is 4. The van der Waals surface area contributed by atoms with Crippen LogP contribution in [0.15, 0.2) is 95.2 Å². The molecule has 1 aromatic heterocycles. The van der Waals surface area contributed by atoms with E-state index in [4.69, 9.17) is 9.84 Å². The summed E-state index contributed by atoms with van der Waals surface area (Å²) in [6.07, 6.45) is 0.644. The maximum absolute atomic E-state index is 13.5. The van der Waals surface area contributed by atoms with Crippen LogP contribution in [0.1, 0.15) is 29.2 Å². The van der Waals surface area contributed by atoms with Gasteiger partial charge in [0.05, 0.1) is 35.6 Å². The van der Waals surface area contributed by atoms with E-state index in [-0.39, 0.29) is 17.7 Å². The summed E-state index contributed by atoms with van der Waals surface area (Å²) in [5.74, 6) is 0.962. The van der Waals surface area contributed by atoms with Gasteiger partial charge >= 0.3 is 0 Å². The summed E-state index contributed by atoms with van der Waals surface area (Å²) in [5, 5.41) is 9.57. The molecule has 4 aromatic carbocycles. The van der Waals surface area contributed by atoms with Gasteiger partial charge in [-0.05, 0) is 64.7 Å². The van der Waals surface area contributed by atoms with Crippen molar-refractivity contribution in [1.29, 1.82) is 0 Å². The fraction of sp³-hybridized carbons (Fsp3) is 0.167. The van der Waals surface area contributed by atoms with Crippen molar-refractivity contribution in [3.05, 3.63) is 102 Å². The molecule has 0 fully saturated rings. The van der Waals surface area contributed by atoms with E-state index in [0.717, 1.165) is 44.2 Å². The molecule has 37 heavy (non-hydrogen) atoms. The average molecular weight is 507 g/mol. The monoisotopic (exact) mass is 506 g/mol. The number of amides is 1. The van der Waals surface area contributed by atoms with Gasteiger partial charge in [0.1, 0.15) is 5.75 Å². The first kappa shape index (κ1) is 23.3. The molecule has 6 nitrogen and oxygen atoms in total. The van der Waals surface area contributed by atoms with Gasteiger partial charge in [0.2, 0.25) is 0 Å². The molecule has 2 heterocycles. The number of aromatic amines is 1. The highest BCUT2D eigenvalue weighted by Crippen LogP contribution is 2.35. The van der Waals surface area contributed by atoms with Gasteiger partial charge < -0.3 is 9.72 Å². The number of carbonyl (C=O) groups is 1. The molecule has 1 N–H and O–H groups in total. The summed E-state index contributed by atoms with van der Waals surface area (Å²) in [5.41, 5.74) is 6.01. The van der Waals surface area contributed by atoms with Crippen molar-refractivity contribution in [1.82, 2.24) is 15.0 Å². The Balaban J connectivity index is 1.28. The number of methoxy groups -OCH3 is 1. The smallest absolute Gasteiger partial charge is 0.253 e. The van der Waals surface area contributed by atoms with Gasteiger partial charge in [0, 0.05) is 6.42 Å². The van der Waals surface area contributed by atoms with Crippen molar-refractivity contribution < 1.29 is 9.53 Å². The van der Waals surface area contributed by atoms with Crippen molar-refractivity contribution in [2.75, 3.05) is 12.9 Å². The lowest BCUT2D eigenvalue weighted by atomic mass is 9.97. The van der Waals surface area contributed by atoms with E-state index in [1.54, 1.807) is 12.1 Å². The third kappa shape index (κ3) is 4.70. The van der Waals surface area contributed by atoms with E-state index in [1.807, 2.05) is 48.5 Å². The first-order valence-electron chi connectivity index (χ1n) is 12.2. The number of fused-ring (bicyclic) bond motifs is 2. The van der Waals surface area contributed by atoms with Crippen LogP contribution in [0.4, 0.5) is 0 Å². The highest BCUT2D eigenvalue weighted by Gasteiger charge is 2.33. The number of nitrogens with one attached hydrogen (secondary N) is 1. The zero-order valence-electron chi connectivity index (χ0n) is 20.6. The second kappa shape index (κ2) is 9.75. The first-order valence-corrected chi connectivity index (χ1v) is 13.2. The van der Waals surface area contributed by atoms with Crippen molar-refractivity contribution in [2.24, 2.45) is 5.10 Å². The van der Waals surface area contributed by atoms with E-state index in [2.05, 4.69) is 53.3 Å². The number of hydrazone groups is 1. The number of aryl methyl sites for hydroxylation is 1. The lowest BCUT2D eigenvalue weighted by Gasteiger charge is -2.22. The number of carbonyl (C=O) groups excluding carboxylic acids is 1. The first-order chi connectivity index (χ1) is 18.1. The standard InChI is InChI=1S/C30H26N4O2S/c1-19-7-14-25-27(15-19)32-30(31-25)37-18-29(35)34-28(21-10-12-24(36-2)13-11-21)17-26(33-34)23-9-8-20-5-3-4-6-22(20)16-23/h3-16,28H,17-18H2,1-2H3,(H,31,32). The molecule has 0 spiro atoms. The van der Waals surface area contributed by atoms with Gasteiger partial charge in [0.15, 0.2) is 5.16 Å². The van der Waals surface area contributed by atoms with Gasteiger partial charge in [-0.25, -0.2) is 9.99 Å². The van der Waals surface area contributed by atoms with E-state index in [9.17, 15) is 4.79 Å². The fourth-order valence-electron chi connectivity index (χ4n) is 4.73. The van der Waals surface area contributed by atoms with E-state index < -0.39 is 0 Å². The molecule has 6 rings (SSSR count). The summed E-state index contributed by atoms with van der Waals surface area (Å²) >= 11 is 1.40. The minimum atomic E-state index is -0.182. The second-order valence-corrected chi connectivity index (χ2v) is 10.2. The summed E-state index contributed by atoms with van der Waals surface area (Å²) in [6, 6.07) is 28.4. The lowest BCUT2D eigenvalue weighted by Crippen LogP contribution is -2.28. The van der Waals surface area contributed by atoms with Crippen LogP contribution in [-0.2, 0) is 4.79 Å². The van der Waals surface area contributed by atoms with Crippen molar-refractivity contribution in [2.45, 2.75) is 24.5 Å². The van der Waals surface area contributed by atoms with Crippen LogP contribution in [0.2, 0.25) is 0 Å². The van der Waals surface area contributed by atoms with Gasteiger partial charge in [-0.1, -0.05) is 66.4 Å². The normalized spacial score (nSPS) is 15.4. The lowest BCUT2D eigenvalue weighted by molar-refractivity contribution is -0.130. The highest BCUT2D eigenvalue weighted by atomic mass is 32.2. The van der Waals surface area contributed by atoms with Crippen molar-refractivity contribution >= 4 is 45.2 Å². The largest absolute Gasteiger partial charge is 0.497 e. The third-order valence-corrected chi connectivity index (χ3v) is 7.56. The van der Waals surface area contributed by atoms with Gasteiger partial charge in [0.25, 0.3) is 5.91 Å². The predicted molar refractivity (Wildman–Crippen MR) is 149 cm³/mol. The molecular formula is C30H26N4O2S. The Morgan fingerprint density at radius 2 is 1.84 bits per heavy atom. The molecule has 1 atom stereocenters. The molecule has 1 unspecified atom stereocenters. The molecule has 0 saturated carbocycles. The van der Waals surface area contributed by atoms with E-state index >= 15 is 0 Å². The number of H-pyrrole nitrogens is 1. The summed E-state index contributed by atoms with van der Waals surface area (Å²) < 4.78 is 5.33. The number of thioether (sulfide) groups is 1. The van der Waals surface area contributed by atoms with Crippen LogP contribution in [0.25, 0.3) is 21.8 Å². The van der Waals surface area contributed by atoms with Crippen LogP contribution in [-0.4, -0.2) is 39.5 Å². The van der Waals surface area contributed by atoms with E-state index in [0.29, 0.717) is 6.42 Å². The molecule has 0 aliphatic carbocycles. The number of hydrogen-bond donors (Lipinski definition) is 1. The summed E-state index contributed by atoms with van der Waals surface area (Å²) in [7, 11) is 1.65. The number of rotatable bonds is 6. The minimum absolute atomic E-state index is 0.0572. The number of ether oxygens (including phenoxy) is 1. The van der Waals surface area contributed by atoms with Crippen LogP contribution in [0.3, 0.4) is 0 Å². The SMILES string of the molecule is COc1ccc(C2CC(c3ccc4ccccc4c3)=NN2C(=O)CSc2nc3ccc(C)cc3[nH]2)cc1. The van der Waals surface area contributed by atoms with Gasteiger partial charge in [-0.15, -0.1) is 0 Å². The Morgan fingerprint density at radius 3 is 2.65 bits per heavy atom. The zero-order chi connectivity index (χ0) is 25.4. The molecule has 1 aliphatic heterocycles. The molecule has 0 bridgehead atoms. The second-order valence-electron chi connectivity index (χ2n) is 9.19. The Labute approximate surface area is 219 Å². The zero-order valence-corrected chi connectivity index (χ0v) is 21.5. The van der Waals surface area contributed by atoms with Crippen LogP contribution in [0.5, 0.6) is 5.75 Å². The predicted octanol–water partition coefficient (Wildman–Crippen LogP) is 6.50. The van der Waals surface area contributed by atoms with Crippen LogP contribution >= 0.6 is 11.8 Å². The number of imidazole rings is 1. The maximum Gasteiger partial charge on any atom is 0.253 e. The van der Waals surface area contributed by atoms with Gasteiger partial charge in [-0.2, -0.15) is 5.10 Å². The summed E-state index contributed by atoms with van der Waals surface area (Å²) in [4.78, 5) is 21.5. The fourth-order valence-corrected chi connectivity index (χ4v) is 5.47. The number of nitrogens with zero attached hydrogens (tertiary/aromatic N) is 3. The molecule has 0 saturated heterocycles. The van der Waals surface area contributed by atoms with Crippen molar-refractivity contribution in [3.8, 4) is 5.75 Å². The Bertz CT molecular complexity index is 1640. The molecular weight excluding hydrogens is 480 g/mol. The van der Waals surface area contributed by atoms with Crippen LogP contribution in [0, 0.1) is 6.92 Å². The Kier molecular flexibility index (Phi) is 6.14. The van der Waals surface area contributed by atoms with Crippen molar-refractivity contribution in [3.63, 3.8) is 0 Å². The van der Waals surface area contributed by atoms with Crippen LogP contribution < -0.4 is 4.74 Å². The Hall–Kier alpha value is -4.10. The third-order valence-electron chi connectivity index (χ3n) is 6.70. The number of aromatic nitrogens is 2. The minimum Gasteiger partial charge on any atom is -0.497 e. The number of hydrogen-bond acceptors (Lipinski definition) is 5. The average Bonchev–Trinajstić information content (AvgIpc) is 3.56. The maximum atomic E-state index is 13.5. The topological polar surface area (TPSA) is 70.6 Å². The highest BCUT2D eigenvalue weighted by molar-refractivity contribution is 7.99. The van der Waals surface area contributed by atoms with E-state index in [1.165, 1.54) is 22.7 Å². The molecule has 1 aliphatic rings. The molecule has 184 valence electrons. The molecule has 5 aromatic rings. The quantitative estimate of drug-likeness (QED) is 0.267. The molecule has 1 amide bonds. The Morgan fingerprint density at radius 1 is 1.03 bits per heavy atom. The summed E-state index contributed by atoms with van der Waals surface area (Å²) in [6.45, 7) is 2.05. The van der Waals surface area contributed by atoms with Gasteiger partial charge in [-0.3, -0.25) is 4.79 Å².